The summed E-state index contributed by atoms with van der Waals surface area (Å²) in [5.41, 5.74) is 2.09. The van der Waals surface area contributed by atoms with Crippen LogP contribution in [0.1, 0.15) is 11.3 Å². The smallest absolute Gasteiger partial charge is 0.211 e. The highest BCUT2D eigenvalue weighted by Crippen LogP contribution is 2.16. The van der Waals surface area contributed by atoms with E-state index in [1.807, 2.05) is 30.3 Å². The predicted octanol–water partition coefficient (Wildman–Crippen LogP) is 1.74. The van der Waals surface area contributed by atoms with Crippen LogP contribution in [0.15, 0.2) is 48.7 Å². The molecule has 0 atom stereocenters. The first kappa shape index (κ1) is 17.8. The minimum Gasteiger partial charge on any atom is -0.487 e. The molecule has 0 N–H and O–H groups in total. The number of benzene rings is 1. The average Bonchev–Trinajstić information content (AvgIpc) is 2.62. The summed E-state index contributed by atoms with van der Waals surface area (Å²) in [5.74, 6) is 0.816. The molecule has 1 fully saturated rings. The Balaban J connectivity index is 1.48. The van der Waals surface area contributed by atoms with E-state index < -0.39 is 10.0 Å². The normalized spacial score (nSPS) is 16.7. The number of pyridine rings is 1. The molecule has 25 heavy (non-hydrogen) atoms. The summed E-state index contributed by atoms with van der Waals surface area (Å²) in [6.07, 6.45) is 3.03. The second kappa shape index (κ2) is 7.95. The maximum atomic E-state index is 11.5. The second-order valence-corrected chi connectivity index (χ2v) is 8.17. The molecule has 6 nitrogen and oxygen atoms in total. The van der Waals surface area contributed by atoms with Crippen molar-refractivity contribution >= 4 is 10.0 Å². The summed E-state index contributed by atoms with van der Waals surface area (Å²) in [6, 6.07) is 13.8. The number of hydrogen-bond donors (Lipinski definition) is 0. The SMILES string of the molecule is CS(=O)(=O)N1CCN(Cc2ccc(OCc3ccccn3)cc2)CC1. The van der Waals surface area contributed by atoms with Gasteiger partial charge in [-0.15, -0.1) is 0 Å². The molecular formula is C18H23N3O3S. The first-order chi connectivity index (χ1) is 12.0. The van der Waals surface area contributed by atoms with Gasteiger partial charge in [0.05, 0.1) is 11.9 Å². The Bertz CT molecular complexity index is 771. The van der Waals surface area contributed by atoms with Crippen molar-refractivity contribution in [3.63, 3.8) is 0 Å². The summed E-state index contributed by atoms with van der Waals surface area (Å²) in [4.78, 5) is 6.50. The van der Waals surface area contributed by atoms with E-state index in [2.05, 4.69) is 22.0 Å². The molecule has 0 spiro atoms. The summed E-state index contributed by atoms with van der Waals surface area (Å²) >= 11 is 0. The third-order valence-electron chi connectivity index (χ3n) is 4.24. The molecule has 0 radical (unpaired) electrons. The molecule has 2 aromatic rings. The highest BCUT2D eigenvalue weighted by molar-refractivity contribution is 7.88. The number of hydrogen-bond acceptors (Lipinski definition) is 5. The number of nitrogens with zero attached hydrogens (tertiary/aromatic N) is 3. The Kier molecular flexibility index (Phi) is 5.67. The highest BCUT2D eigenvalue weighted by Gasteiger charge is 2.23. The molecular weight excluding hydrogens is 338 g/mol. The van der Waals surface area contributed by atoms with Gasteiger partial charge in [0.2, 0.25) is 10.0 Å². The molecule has 3 rings (SSSR count). The summed E-state index contributed by atoms with van der Waals surface area (Å²) in [6.45, 7) is 3.90. The van der Waals surface area contributed by atoms with Gasteiger partial charge in [-0.2, -0.15) is 4.31 Å². The van der Waals surface area contributed by atoms with Gasteiger partial charge in [-0.1, -0.05) is 18.2 Å². The van der Waals surface area contributed by atoms with Crippen LogP contribution in [0.3, 0.4) is 0 Å². The minimum atomic E-state index is -3.07. The molecule has 1 saturated heterocycles. The van der Waals surface area contributed by atoms with Gasteiger partial charge in [-0.25, -0.2) is 8.42 Å². The number of rotatable bonds is 6. The first-order valence-corrected chi connectivity index (χ1v) is 10.1. The number of sulfonamides is 1. The topological polar surface area (TPSA) is 62.7 Å². The zero-order valence-electron chi connectivity index (χ0n) is 14.3. The largest absolute Gasteiger partial charge is 0.487 e. The summed E-state index contributed by atoms with van der Waals surface area (Å²) in [5, 5.41) is 0. The van der Waals surface area contributed by atoms with Crippen molar-refractivity contribution in [2.75, 3.05) is 32.4 Å². The van der Waals surface area contributed by atoms with Crippen LogP contribution in [0.5, 0.6) is 5.75 Å². The molecule has 134 valence electrons. The number of piperazine rings is 1. The van der Waals surface area contributed by atoms with Crippen molar-refractivity contribution < 1.29 is 13.2 Å². The lowest BCUT2D eigenvalue weighted by atomic mass is 10.2. The summed E-state index contributed by atoms with van der Waals surface area (Å²) in [7, 11) is -3.07. The van der Waals surface area contributed by atoms with Gasteiger partial charge in [-0.05, 0) is 29.8 Å². The molecule has 0 bridgehead atoms. The van der Waals surface area contributed by atoms with Gasteiger partial charge < -0.3 is 4.74 Å². The van der Waals surface area contributed by atoms with Crippen molar-refractivity contribution in [3.8, 4) is 5.75 Å². The third kappa shape index (κ3) is 5.26. The number of aromatic nitrogens is 1. The quantitative estimate of drug-likeness (QED) is 0.784. The molecule has 1 aromatic heterocycles. The van der Waals surface area contributed by atoms with E-state index in [-0.39, 0.29) is 0 Å². The van der Waals surface area contributed by atoms with Crippen LogP contribution in [0.4, 0.5) is 0 Å². The molecule has 7 heteroatoms. The lowest BCUT2D eigenvalue weighted by molar-refractivity contribution is 0.182. The molecule has 2 heterocycles. The predicted molar refractivity (Wildman–Crippen MR) is 96.7 cm³/mol. The van der Waals surface area contributed by atoms with Crippen molar-refractivity contribution in [2.24, 2.45) is 0 Å². The van der Waals surface area contributed by atoms with Crippen LogP contribution in [-0.4, -0.2) is 55.0 Å². The van der Waals surface area contributed by atoms with E-state index in [1.165, 1.54) is 16.1 Å². The Morgan fingerprint density at radius 3 is 2.36 bits per heavy atom. The van der Waals surface area contributed by atoms with E-state index in [1.54, 1.807) is 6.20 Å². The number of ether oxygens (including phenoxy) is 1. The van der Waals surface area contributed by atoms with Gasteiger partial charge >= 0.3 is 0 Å². The Labute approximate surface area is 149 Å². The molecule has 1 aliphatic heterocycles. The summed E-state index contributed by atoms with van der Waals surface area (Å²) < 4.78 is 30.4. The van der Waals surface area contributed by atoms with Crippen LogP contribution in [0.2, 0.25) is 0 Å². The standard InChI is InChI=1S/C18H23N3O3S/c1-25(22,23)21-12-10-20(11-13-21)14-16-5-7-18(8-6-16)24-15-17-4-2-3-9-19-17/h2-9H,10-15H2,1H3. The maximum Gasteiger partial charge on any atom is 0.211 e. The minimum absolute atomic E-state index is 0.452. The van der Waals surface area contributed by atoms with Crippen LogP contribution < -0.4 is 4.74 Å². The second-order valence-electron chi connectivity index (χ2n) is 6.19. The Morgan fingerprint density at radius 1 is 1.04 bits per heavy atom. The van der Waals surface area contributed by atoms with Crippen LogP contribution in [-0.2, 0) is 23.2 Å². The zero-order chi connectivity index (χ0) is 17.7. The molecule has 1 aromatic carbocycles. The van der Waals surface area contributed by atoms with Gasteiger partial charge in [0.15, 0.2) is 0 Å². The monoisotopic (exact) mass is 361 g/mol. The van der Waals surface area contributed by atoms with E-state index in [0.29, 0.717) is 19.7 Å². The van der Waals surface area contributed by atoms with Gasteiger partial charge in [0.25, 0.3) is 0 Å². The molecule has 0 amide bonds. The lowest BCUT2D eigenvalue weighted by Crippen LogP contribution is -2.47. The van der Waals surface area contributed by atoms with E-state index in [4.69, 9.17) is 4.74 Å². The van der Waals surface area contributed by atoms with E-state index in [9.17, 15) is 8.42 Å². The van der Waals surface area contributed by atoms with Crippen molar-refractivity contribution in [2.45, 2.75) is 13.2 Å². The molecule has 1 aliphatic rings. The van der Waals surface area contributed by atoms with Crippen LogP contribution in [0.25, 0.3) is 0 Å². The fraction of sp³-hybridized carbons (Fsp3) is 0.389. The maximum absolute atomic E-state index is 11.5. The van der Waals surface area contributed by atoms with Crippen molar-refractivity contribution in [1.29, 1.82) is 0 Å². The van der Waals surface area contributed by atoms with Crippen LogP contribution in [0, 0.1) is 0 Å². The highest BCUT2D eigenvalue weighted by atomic mass is 32.2. The van der Waals surface area contributed by atoms with Crippen LogP contribution >= 0.6 is 0 Å². The Hall–Kier alpha value is -1.96. The molecule has 0 saturated carbocycles. The first-order valence-electron chi connectivity index (χ1n) is 8.30. The van der Waals surface area contributed by atoms with E-state index in [0.717, 1.165) is 31.1 Å². The van der Waals surface area contributed by atoms with Gasteiger partial charge in [-0.3, -0.25) is 9.88 Å². The van der Waals surface area contributed by atoms with Crippen molar-refractivity contribution in [1.82, 2.24) is 14.2 Å². The Morgan fingerprint density at radius 2 is 1.76 bits per heavy atom. The molecule has 0 unspecified atom stereocenters. The zero-order valence-corrected chi connectivity index (χ0v) is 15.2. The van der Waals surface area contributed by atoms with Crippen molar-refractivity contribution in [3.05, 3.63) is 59.9 Å². The lowest BCUT2D eigenvalue weighted by Gasteiger charge is -2.33. The average molecular weight is 361 g/mol. The fourth-order valence-corrected chi connectivity index (χ4v) is 3.64. The third-order valence-corrected chi connectivity index (χ3v) is 5.55. The molecule has 0 aliphatic carbocycles. The van der Waals surface area contributed by atoms with E-state index >= 15 is 0 Å². The van der Waals surface area contributed by atoms with Gasteiger partial charge in [0.1, 0.15) is 12.4 Å². The fourth-order valence-electron chi connectivity index (χ4n) is 2.81. The van der Waals surface area contributed by atoms with Gasteiger partial charge in [0, 0.05) is 38.9 Å².